The monoisotopic (exact) mass is 423 g/mol. The number of fused-ring (bicyclic) bond motifs is 1. The topological polar surface area (TPSA) is 50.9 Å². The molecule has 6 heteroatoms. The predicted molar refractivity (Wildman–Crippen MR) is 122 cm³/mol. The van der Waals surface area contributed by atoms with Crippen molar-refractivity contribution in [2.24, 2.45) is 5.92 Å². The fourth-order valence-electron chi connectivity index (χ4n) is 4.70. The molecular weight excluding hydrogens is 390 g/mol. The minimum Gasteiger partial charge on any atom is -0.468 e. The quantitative estimate of drug-likeness (QED) is 0.512. The van der Waals surface area contributed by atoms with Crippen molar-refractivity contribution >= 4 is 16.9 Å². The molecule has 0 N–H and O–H groups in total. The van der Waals surface area contributed by atoms with Gasteiger partial charge in [0.25, 0.3) is 0 Å². The highest BCUT2D eigenvalue weighted by Gasteiger charge is 2.22. The van der Waals surface area contributed by atoms with Crippen LogP contribution in [0.25, 0.3) is 10.9 Å². The molecule has 0 atom stereocenters. The van der Waals surface area contributed by atoms with E-state index in [1.807, 2.05) is 23.6 Å². The summed E-state index contributed by atoms with van der Waals surface area (Å²) in [5, 5.41) is 1.21. The molecule has 4 rings (SSSR count). The summed E-state index contributed by atoms with van der Waals surface area (Å²) in [5.74, 6) is 2.54. The molecule has 1 aliphatic rings. The molecule has 6 nitrogen and oxygen atoms in total. The van der Waals surface area contributed by atoms with Crippen molar-refractivity contribution in [3.05, 3.63) is 59.7 Å². The highest BCUT2D eigenvalue weighted by atomic mass is 16.5. The molecule has 31 heavy (non-hydrogen) atoms. The Balaban J connectivity index is 1.32. The Morgan fingerprint density at radius 3 is 2.68 bits per heavy atom. The maximum atomic E-state index is 11.8. The van der Waals surface area contributed by atoms with Gasteiger partial charge in [0, 0.05) is 30.2 Å². The number of carbonyl (C=O) groups is 1. The number of methoxy groups -OCH3 is 1. The molecule has 3 heterocycles. The highest BCUT2D eigenvalue weighted by Crippen LogP contribution is 2.25. The summed E-state index contributed by atoms with van der Waals surface area (Å²) in [6, 6.07) is 12.4. The van der Waals surface area contributed by atoms with Gasteiger partial charge in [-0.3, -0.25) is 9.69 Å². The third kappa shape index (κ3) is 5.38. The Kier molecular flexibility index (Phi) is 6.78. The fraction of sp³-hybridized carbons (Fsp3) is 0.480. The smallest absolute Gasteiger partial charge is 0.325 e. The summed E-state index contributed by atoms with van der Waals surface area (Å²) in [6.07, 6.45) is 4.54. The number of aryl methyl sites for hydroxylation is 1. The zero-order valence-corrected chi connectivity index (χ0v) is 18.8. The van der Waals surface area contributed by atoms with Crippen LogP contribution in [0.3, 0.4) is 0 Å². The molecule has 1 aromatic carbocycles. The number of carbonyl (C=O) groups excluding carboxylic acids is 1. The summed E-state index contributed by atoms with van der Waals surface area (Å²) in [7, 11) is 3.63. The minimum atomic E-state index is -0.225. The molecule has 0 unspecified atom stereocenters. The van der Waals surface area contributed by atoms with E-state index in [9.17, 15) is 4.79 Å². The molecular formula is C25H33N3O3. The number of nitrogens with zero attached hydrogens (tertiary/aromatic N) is 3. The second-order valence-corrected chi connectivity index (χ2v) is 8.80. The molecule has 0 radical (unpaired) electrons. The Morgan fingerprint density at radius 1 is 1.19 bits per heavy atom. The van der Waals surface area contributed by atoms with E-state index in [1.165, 1.54) is 30.9 Å². The first-order chi connectivity index (χ1) is 15.0. The number of piperidine rings is 1. The van der Waals surface area contributed by atoms with Crippen molar-refractivity contribution in [2.75, 3.05) is 33.8 Å². The number of furan rings is 1. The van der Waals surface area contributed by atoms with Gasteiger partial charge in [0.05, 0.1) is 13.7 Å². The molecule has 1 aliphatic heterocycles. The average Bonchev–Trinajstić information content (AvgIpc) is 3.33. The second kappa shape index (κ2) is 9.71. The fourth-order valence-corrected chi connectivity index (χ4v) is 4.70. The van der Waals surface area contributed by atoms with Crippen LogP contribution >= 0.6 is 0 Å². The summed E-state index contributed by atoms with van der Waals surface area (Å²) in [4.78, 5) is 16.7. The Morgan fingerprint density at radius 2 is 1.97 bits per heavy atom. The minimum absolute atomic E-state index is 0.225. The number of ether oxygens (including phenoxy) is 1. The maximum Gasteiger partial charge on any atom is 0.325 e. The lowest BCUT2D eigenvalue weighted by atomic mass is 9.96. The van der Waals surface area contributed by atoms with Gasteiger partial charge in [0.15, 0.2) is 0 Å². The molecule has 1 fully saturated rings. The van der Waals surface area contributed by atoms with Gasteiger partial charge < -0.3 is 18.6 Å². The van der Waals surface area contributed by atoms with Gasteiger partial charge in [-0.25, -0.2) is 0 Å². The van der Waals surface area contributed by atoms with Crippen molar-refractivity contribution < 1.29 is 13.9 Å². The van der Waals surface area contributed by atoms with Crippen LogP contribution in [0.2, 0.25) is 0 Å². The molecule has 3 aromatic rings. The van der Waals surface area contributed by atoms with Crippen LogP contribution in [0, 0.1) is 12.8 Å². The zero-order valence-electron chi connectivity index (χ0n) is 18.8. The van der Waals surface area contributed by atoms with Crippen LogP contribution in [-0.4, -0.2) is 54.1 Å². The van der Waals surface area contributed by atoms with Crippen LogP contribution < -0.4 is 0 Å². The SMILES string of the molecule is COC(=O)Cn1cc(CN(C)CC2CCN(Cc3ccc(C)o3)CC2)c2ccccc21. The first-order valence-electron chi connectivity index (χ1n) is 11.1. The van der Waals surface area contributed by atoms with Crippen molar-refractivity contribution in [1.82, 2.24) is 14.4 Å². The van der Waals surface area contributed by atoms with Crippen molar-refractivity contribution in [1.29, 1.82) is 0 Å². The van der Waals surface area contributed by atoms with E-state index < -0.39 is 0 Å². The van der Waals surface area contributed by atoms with Crippen LogP contribution in [0.4, 0.5) is 0 Å². The van der Waals surface area contributed by atoms with E-state index in [1.54, 1.807) is 0 Å². The molecule has 0 spiro atoms. The number of likely N-dealkylation sites (tertiary alicyclic amines) is 1. The molecule has 1 saturated heterocycles. The number of aromatic nitrogens is 1. The van der Waals surface area contributed by atoms with E-state index in [4.69, 9.17) is 9.15 Å². The van der Waals surface area contributed by atoms with E-state index in [2.05, 4.69) is 47.3 Å². The van der Waals surface area contributed by atoms with Crippen LogP contribution in [0.5, 0.6) is 0 Å². The lowest BCUT2D eigenvalue weighted by Gasteiger charge is -2.33. The maximum absolute atomic E-state index is 11.8. The van der Waals surface area contributed by atoms with E-state index in [0.717, 1.165) is 49.8 Å². The van der Waals surface area contributed by atoms with Gasteiger partial charge in [-0.15, -0.1) is 0 Å². The number of para-hydroxylation sites is 1. The van der Waals surface area contributed by atoms with Crippen molar-refractivity contribution in [3.63, 3.8) is 0 Å². The second-order valence-electron chi connectivity index (χ2n) is 8.80. The summed E-state index contributed by atoms with van der Waals surface area (Å²) >= 11 is 0. The van der Waals surface area contributed by atoms with E-state index >= 15 is 0 Å². The van der Waals surface area contributed by atoms with Gasteiger partial charge >= 0.3 is 5.97 Å². The average molecular weight is 424 g/mol. The molecule has 0 aliphatic carbocycles. The van der Waals surface area contributed by atoms with Gasteiger partial charge in [0.1, 0.15) is 18.1 Å². The van der Waals surface area contributed by atoms with Gasteiger partial charge in [-0.2, -0.15) is 0 Å². The Hall–Kier alpha value is -2.57. The molecule has 2 aromatic heterocycles. The highest BCUT2D eigenvalue weighted by molar-refractivity contribution is 5.85. The predicted octanol–water partition coefficient (Wildman–Crippen LogP) is 4.06. The standard InChI is InChI=1S/C25H33N3O3/c1-19-8-9-22(31-19)17-27-12-10-20(11-13-27)14-26(2)15-21-16-28(18-25(29)30-3)24-7-5-4-6-23(21)24/h4-9,16,20H,10-15,17-18H2,1-3H3. The van der Waals surface area contributed by atoms with Crippen molar-refractivity contribution in [3.8, 4) is 0 Å². The Bertz CT molecular complexity index is 1010. The molecule has 0 bridgehead atoms. The van der Waals surface area contributed by atoms with Crippen LogP contribution in [0.15, 0.2) is 47.0 Å². The lowest BCUT2D eigenvalue weighted by Crippen LogP contribution is -2.37. The molecule has 166 valence electrons. The molecule has 0 saturated carbocycles. The number of hydrogen-bond donors (Lipinski definition) is 0. The lowest BCUT2D eigenvalue weighted by molar-refractivity contribution is -0.141. The van der Waals surface area contributed by atoms with E-state index in [0.29, 0.717) is 5.92 Å². The van der Waals surface area contributed by atoms with Gasteiger partial charge in [0.2, 0.25) is 0 Å². The largest absolute Gasteiger partial charge is 0.468 e. The van der Waals surface area contributed by atoms with Gasteiger partial charge in [-0.1, -0.05) is 18.2 Å². The van der Waals surface area contributed by atoms with Gasteiger partial charge in [-0.05, 0) is 69.6 Å². The summed E-state index contributed by atoms with van der Waals surface area (Å²) in [5.41, 5.74) is 2.34. The number of benzene rings is 1. The first-order valence-corrected chi connectivity index (χ1v) is 11.1. The molecule has 0 amide bonds. The van der Waals surface area contributed by atoms with E-state index in [-0.39, 0.29) is 12.5 Å². The number of rotatable bonds is 8. The number of hydrogen-bond acceptors (Lipinski definition) is 5. The summed E-state index contributed by atoms with van der Waals surface area (Å²) < 4.78 is 12.6. The number of esters is 1. The zero-order chi connectivity index (χ0) is 21.8. The Labute approximate surface area is 184 Å². The summed E-state index contributed by atoms with van der Waals surface area (Å²) in [6.45, 7) is 7.36. The third-order valence-corrected chi connectivity index (χ3v) is 6.29. The van der Waals surface area contributed by atoms with Crippen LogP contribution in [-0.2, 0) is 29.2 Å². The van der Waals surface area contributed by atoms with Crippen molar-refractivity contribution in [2.45, 2.75) is 39.4 Å². The normalized spacial score (nSPS) is 15.7. The third-order valence-electron chi connectivity index (χ3n) is 6.29. The van der Waals surface area contributed by atoms with Crippen LogP contribution in [0.1, 0.15) is 29.9 Å². The first kappa shape index (κ1) is 21.7.